The Bertz CT molecular complexity index is 6090. The molecule has 4 aromatic carbocycles. The van der Waals surface area contributed by atoms with Gasteiger partial charge in [0.05, 0.1) is 108 Å². The molecule has 0 unspecified atom stereocenters. The molecule has 14 aromatic heterocycles. The van der Waals surface area contributed by atoms with Crippen molar-refractivity contribution >= 4 is 171 Å². The number of nitrogens with two attached hydrogens (primary N) is 5. The monoisotopic (exact) mass is 1520 g/mol. The Morgan fingerprint density at radius 2 is 0.798 bits per heavy atom. The van der Waals surface area contributed by atoms with Crippen LogP contribution in [0.25, 0.3) is 83.7 Å². The Morgan fingerprint density at radius 1 is 0.413 bits per heavy atom. The molecule has 109 heavy (non-hydrogen) atoms. The molecule has 14 N–H and O–H groups in total. The van der Waals surface area contributed by atoms with Gasteiger partial charge in [-0.3, -0.25) is 9.59 Å². The van der Waals surface area contributed by atoms with Crippen LogP contribution in [0.4, 0.5) is 56.6 Å². The van der Waals surface area contributed by atoms with Gasteiger partial charge >= 0.3 is 6.03 Å². The number of amides is 4. The van der Waals surface area contributed by atoms with E-state index in [4.69, 9.17) is 33.9 Å². The van der Waals surface area contributed by atoms with Gasteiger partial charge < -0.3 is 49.9 Å². The van der Waals surface area contributed by atoms with Crippen LogP contribution >= 0.6 is 45.8 Å². The molecule has 0 aliphatic heterocycles. The SMILES string of the molecule is CSc1nccc(-n2ncc3c(N)ncnc32)n1.N#Cc1ccc(-n2ncc3c(N)ncnc32)cc1.Nc1ncnc2c1cnn2-c1ccc(NC(=O)Nc2ccsc2)cc1.Nc1ncnc2c1cnn2-c1ccc(NC(=O)c2cccs2)cc1.Nc1ncnc2c1cnn2-c1ccc(NC(=O)c2ccsc2)cc1. The summed E-state index contributed by atoms with van der Waals surface area (Å²) in [6.07, 6.45) is 18.8. The summed E-state index contributed by atoms with van der Waals surface area (Å²) < 4.78 is 8.31. The van der Waals surface area contributed by atoms with Crippen LogP contribution in [0, 0.1) is 11.3 Å². The van der Waals surface area contributed by atoms with E-state index < -0.39 is 0 Å². The van der Waals surface area contributed by atoms with Gasteiger partial charge in [-0.2, -0.15) is 58.1 Å². The van der Waals surface area contributed by atoms with Crippen LogP contribution in [0.15, 0.2) is 228 Å². The Labute approximate surface area is 630 Å². The first-order valence-corrected chi connectivity index (χ1v) is 35.9. The van der Waals surface area contributed by atoms with E-state index in [2.05, 4.69) is 113 Å². The second-order valence-electron chi connectivity index (χ2n) is 22.5. The number of carbonyl (C=O) groups is 3. The molecule has 18 aromatic rings. The number of rotatable bonds is 12. The van der Waals surface area contributed by atoms with Crippen molar-refractivity contribution in [1.82, 2.24) is 109 Å². The third kappa shape index (κ3) is 16.0. The van der Waals surface area contributed by atoms with E-state index in [-0.39, 0.29) is 17.8 Å². The summed E-state index contributed by atoms with van der Waals surface area (Å²) in [4.78, 5) is 85.9. The lowest BCUT2D eigenvalue weighted by molar-refractivity contribution is 0.102. The Balaban J connectivity index is 0.000000115. The molecule has 18 rings (SSSR count). The Hall–Kier alpha value is -15.1. The van der Waals surface area contributed by atoms with Crippen molar-refractivity contribution in [2.24, 2.45) is 0 Å². The van der Waals surface area contributed by atoms with Crippen LogP contribution in [0.2, 0.25) is 0 Å². The lowest BCUT2D eigenvalue weighted by Crippen LogP contribution is -2.18. The van der Waals surface area contributed by atoms with Crippen molar-refractivity contribution in [1.29, 1.82) is 5.26 Å². The van der Waals surface area contributed by atoms with Crippen molar-refractivity contribution < 1.29 is 14.4 Å². The van der Waals surface area contributed by atoms with Gasteiger partial charge in [-0.25, -0.2) is 83.3 Å². The zero-order valence-electron chi connectivity index (χ0n) is 56.4. The van der Waals surface area contributed by atoms with Crippen molar-refractivity contribution in [3.05, 3.63) is 239 Å². The predicted molar refractivity (Wildman–Crippen MR) is 419 cm³/mol. The standard InChI is InChI=1S/C16H13N7OS.2C16H12N6OS.C12H8N6.C10H9N7S/c17-14-13-7-20-23(15(13)19-9-18-14)12-3-1-10(2-4-12)21-16(24)22-11-5-6-25-8-11;17-14-13-7-20-22(15(13)19-9-18-14)12-3-1-11(2-4-12)21-16(23)10-5-6-24-8-10;17-14-12-8-20-22(15(12)19-9-18-14)11-5-3-10(4-6-11)21-16(23)13-2-1-7-24-13;13-5-8-1-3-9(4-2-8)18-12-10(6-17-18)11(14)15-7-16-12;1-18-10-12-3-2-7(16-10)17-9-6(4-15-17)8(11)13-5-14-9/h1-9H,(H2,17,18,19)(H2,21,22,24);2*1-9H,(H,21,23)(H2,17,18,19);1-4,6-7H,(H2,14,15,16);2-5H,1H3,(H2,11,13,14). The number of nitriles is 1. The number of nitrogen functional groups attached to an aromatic ring is 5. The molecular formula is C70H54N32O3S4. The van der Waals surface area contributed by atoms with E-state index >= 15 is 0 Å². The molecule has 0 atom stereocenters. The number of nitrogens with zero attached hydrogens (tertiary/aromatic N) is 23. The van der Waals surface area contributed by atoms with E-state index in [1.54, 1.807) is 103 Å². The molecule has 0 radical (unpaired) electrons. The second-order valence-corrected chi connectivity index (χ2v) is 25.7. The first-order valence-electron chi connectivity index (χ1n) is 31.9. The molecule has 14 heterocycles. The van der Waals surface area contributed by atoms with Crippen LogP contribution in [0.5, 0.6) is 0 Å². The quantitative estimate of drug-likeness (QED) is 0.0405. The van der Waals surface area contributed by atoms with Crippen molar-refractivity contribution in [3.63, 3.8) is 0 Å². The second kappa shape index (κ2) is 32.3. The molecule has 0 spiro atoms. The van der Waals surface area contributed by atoms with Gasteiger partial charge in [0, 0.05) is 40.1 Å². The third-order valence-corrected chi connectivity index (χ3v) is 18.5. The first kappa shape index (κ1) is 70.9. The highest BCUT2D eigenvalue weighted by Gasteiger charge is 2.17. The van der Waals surface area contributed by atoms with Crippen molar-refractivity contribution in [2.45, 2.75) is 5.16 Å². The fourth-order valence-electron chi connectivity index (χ4n) is 10.3. The minimum absolute atomic E-state index is 0.122. The third-order valence-electron chi connectivity index (χ3n) is 15.7. The molecule has 0 aliphatic rings. The Kier molecular flexibility index (Phi) is 21.0. The summed E-state index contributed by atoms with van der Waals surface area (Å²) in [6, 6.07) is 39.8. The largest absolute Gasteiger partial charge is 0.383 e. The zero-order chi connectivity index (χ0) is 75.3. The lowest BCUT2D eigenvalue weighted by atomic mass is 10.2. The zero-order valence-corrected chi connectivity index (χ0v) is 59.7. The van der Waals surface area contributed by atoms with Crippen LogP contribution in [-0.4, -0.2) is 133 Å². The fourth-order valence-corrected chi connectivity index (χ4v) is 12.5. The molecule has 0 saturated carbocycles. The van der Waals surface area contributed by atoms with Gasteiger partial charge in [0.2, 0.25) is 0 Å². The van der Waals surface area contributed by atoms with Crippen LogP contribution < -0.4 is 49.9 Å². The average Bonchev–Trinajstić information content (AvgIpc) is 1.68. The van der Waals surface area contributed by atoms with Crippen molar-refractivity contribution in [2.75, 3.05) is 56.2 Å². The van der Waals surface area contributed by atoms with E-state index in [9.17, 15) is 14.4 Å². The molecule has 4 amide bonds. The van der Waals surface area contributed by atoms with Gasteiger partial charge in [0.25, 0.3) is 11.8 Å². The van der Waals surface area contributed by atoms with Gasteiger partial charge in [0.15, 0.2) is 39.2 Å². The number of hydrogen-bond acceptors (Lipinski definition) is 30. The molecular weight excluding hydrogens is 1470 g/mol. The van der Waals surface area contributed by atoms with Gasteiger partial charge in [-0.15, -0.1) is 11.3 Å². The number of urea groups is 1. The number of anilines is 9. The minimum atomic E-state index is -0.295. The lowest BCUT2D eigenvalue weighted by Gasteiger charge is -2.08. The molecule has 0 aliphatic carbocycles. The number of nitrogens with one attached hydrogen (secondary N) is 4. The highest BCUT2D eigenvalue weighted by molar-refractivity contribution is 7.98. The van der Waals surface area contributed by atoms with Gasteiger partial charge in [-0.1, -0.05) is 17.8 Å². The van der Waals surface area contributed by atoms with Crippen LogP contribution in [0.3, 0.4) is 0 Å². The number of thiophene rings is 3. The fraction of sp³-hybridized carbons (Fsp3) is 0.0143. The molecule has 0 saturated heterocycles. The summed E-state index contributed by atoms with van der Waals surface area (Å²) in [5.74, 6) is 2.39. The highest BCUT2D eigenvalue weighted by atomic mass is 32.2. The minimum Gasteiger partial charge on any atom is -0.383 e. The van der Waals surface area contributed by atoms with Crippen LogP contribution in [0.1, 0.15) is 25.6 Å². The first-order chi connectivity index (χ1) is 53.2. The summed E-state index contributed by atoms with van der Waals surface area (Å²) >= 11 is 5.88. The van der Waals surface area contributed by atoms with E-state index in [0.717, 1.165) is 28.4 Å². The van der Waals surface area contributed by atoms with Crippen LogP contribution in [-0.2, 0) is 0 Å². The number of thioether (sulfide) groups is 1. The van der Waals surface area contributed by atoms with E-state index in [1.165, 1.54) is 77.4 Å². The maximum Gasteiger partial charge on any atom is 0.323 e. The summed E-state index contributed by atoms with van der Waals surface area (Å²) in [6.45, 7) is 0. The molecule has 39 heteroatoms. The Morgan fingerprint density at radius 3 is 1.18 bits per heavy atom. The molecule has 536 valence electrons. The van der Waals surface area contributed by atoms with Crippen molar-refractivity contribution in [3.8, 4) is 34.6 Å². The maximum atomic E-state index is 12.1. The smallest absolute Gasteiger partial charge is 0.323 e. The van der Waals surface area contributed by atoms with E-state index in [1.807, 2.05) is 118 Å². The molecule has 35 nitrogen and oxygen atoms in total. The summed E-state index contributed by atoms with van der Waals surface area (Å²) in [7, 11) is 0. The number of benzene rings is 4. The predicted octanol–water partition coefficient (Wildman–Crippen LogP) is 10.7. The van der Waals surface area contributed by atoms with E-state index in [0.29, 0.717) is 128 Å². The normalized spacial score (nSPS) is 10.8. The highest BCUT2D eigenvalue weighted by Crippen LogP contribution is 2.27. The number of carbonyl (C=O) groups excluding carboxylic acids is 3. The number of hydrogen-bond donors (Lipinski definition) is 9. The summed E-state index contributed by atoms with van der Waals surface area (Å²) in [5.41, 5.74) is 39.5. The van der Waals surface area contributed by atoms with Gasteiger partial charge in [0.1, 0.15) is 60.7 Å². The molecule has 0 bridgehead atoms. The molecule has 0 fully saturated rings. The van der Waals surface area contributed by atoms with Gasteiger partial charge in [-0.05, 0) is 138 Å². The topological polar surface area (TPSA) is 497 Å². The summed E-state index contributed by atoms with van der Waals surface area (Å²) in [5, 5.41) is 54.9. The average molecular weight is 1520 g/mol. The number of fused-ring (bicyclic) bond motifs is 5. The number of aromatic nitrogens is 22. The maximum absolute atomic E-state index is 12.1.